The highest BCUT2D eigenvalue weighted by Crippen LogP contribution is 2.33. The number of aliphatic hydroxyl groups is 1. The Morgan fingerprint density at radius 3 is 2.76 bits per heavy atom. The van der Waals surface area contributed by atoms with Gasteiger partial charge in [0, 0.05) is 17.6 Å². The molecule has 0 saturated carbocycles. The molecule has 0 bridgehead atoms. The molecule has 3 aromatic rings. The summed E-state index contributed by atoms with van der Waals surface area (Å²) in [5.74, 6) is 0. The monoisotopic (exact) mass is 345 g/mol. The third-order valence-corrected chi connectivity index (χ3v) is 4.12. The summed E-state index contributed by atoms with van der Waals surface area (Å²) in [6.45, 7) is 4.08. The number of aliphatic hydroxyl groups excluding tert-OH is 1. The van der Waals surface area contributed by atoms with Gasteiger partial charge in [-0.05, 0) is 47.5 Å². The van der Waals surface area contributed by atoms with Crippen LogP contribution in [0.3, 0.4) is 0 Å². The van der Waals surface area contributed by atoms with E-state index in [4.69, 9.17) is 0 Å². The largest absolute Gasteiger partial charge is 0.382 e. The maximum Gasteiger partial charge on any atom is 0.122 e. The van der Waals surface area contributed by atoms with E-state index in [1.54, 1.807) is 12.4 Å². The molecule has 0 aliphatic rings. The average molecular weight is 346 g/mol. The lowest BCUT2D eigenvalue weighted by Crippen LogP contribution is -2.13. The van der Waals surface area contributed by atoms with Gasteiger partial charge in [0.1, 0.15) is 6.10 Å². The number of halogens is 1. The van der Waals surface area contributed by atoms with Gasteiger partial charge in [-0.2, -0.15) is 5.10 Å². The minimum atomic E-state index is -0.753. The molecular formula is C16H16BrN3O. The first-order chi connectivity index (χ1) is 10.1. The zero-order chi connectivity index (χ0) is 15.0. The maximum absolute atomic E-state index is 10.9. The predicted octanol–water partition coefficient (Wildman–Crippen LogP) is 3.86. The number of benzene rings is 1. The summed E-state index contributed by atoms with van der Waals surface area (Å²) < 4.78 is 2.65. The molecule has 0 spiro atoms. The van der Waals surface area contributed by atoms with Crippen LogP contribution in [0.25, 0.3) is 10.9 Å². The second kappa shape index (κ2) is 5.58. The Hall–Kier alpha value is -1.72. The molecule has 21 heavy (non-hydrogen) atoms. The first kappa shape index (κ1) is 14.2. The van der Waals surface area contributed by atoms with E-state index in [9.17, 15) is 5.11 Å². The molecule has 0 fully saturated rings. The molecule has 2 heterocycles. The Bertz CT molecular complexity index is 777. The van der Waals surface area contributed by atoms with Crippen LogP contribution in [0, 0.1) is 0 Å². The molecule has 0 aliphatic carbocycles. The first-order valence-corrected chi connectivity index (χ1v) is 7.63. The number of aromatic nitrogens is 3. The number of nitrogens with zero attached hydrogens (tertiary/aromatic N) is 3. The Morgan fingerprint density at radius 2 is 2.00 bits per heavy atom. The number of pyridine rings is 1. The molecule has 1 aromatic carbocycles. The normalized spacial score (nSPS) is 13.0. The number of rotatable bonds is 3. The molecule has 0 saturated heterocycles. The molecule has 108 valence electrons. The number of hydrogen-bond acceptors (Lipinski definition) is 3. The van der Waals surface area contributed by atoms with Gasteiger partial charge >= 0.3 is 0 Å². The quantitative estimate of drug-likeness (QED) is 0.784. The van der Waals surface area contributed by atoms with E-state index >= 15 is 0 Å². The molecule has 0 aliphatic heterocycles. The molecule has 1 atom stereocenters. The second-order valence-electron chi connectivity index (χ2n) is 5.24. The van der Waals surface area contributed by atoms with Crippen LogP contribution in [0.4, 0.5) is 0 Å². The summed E-state index contributed by atoms with van der Waals surface area (Å²) in [6, 6.07) is 9.82. The van der Waals surface area contributed by atoms with E-state index in [0.717, 1.165) is 26.6 Å². The first-order valence-electron chi connectivity index (χ1n) is 6.84. The Morgan fingerprint density at radius 1 is 1.19 bits per heavy atom. The highest BCUT2D eigenvalue weighted by atomic mass is 79.9. The Labute approximate surface area is 131 Å². The van der Waals surface area contributed by atoms with Crippen molar-refractivity contribution in [2.75, 3.05) is 0 Å². The van der Waals surface area contributed by atoms with Crippen LogP contribution >= 0.6 is 15.9 Å². The smallest absolute Gasteiger partial charge is 0.122 e. The molecular weight excluding hydrogens is 330 g/mol. The van der Waals surface area contributed by atoms with Crippen molar-refractivity contribution in [3.63, 3.8) is 0 Å². The van der Waals surface area contributed by atoms with E-state index in [-0.39, 0.29) is 6.04 Å². The van der Waals surface area contributed by atoms with E-state index in [0.29, 0.717) is 0 Å². The second-order valence-corrected chi connectivity index (χ2v) is 6.09. The fraction of sp³-hybridized carbons (Fsp3) is 0.250. The van der Waals surface area contributed by atoms with Gasteiger partial charge in [-0.3, -0.25) is 9.67 Å². The third-order valence-electron chi connectivity index (χ3n) is 3.51. The van der Waals surface area contributed by atoms with Crippen LogP contribution in [0.2, 0.25) is 0 Å². The highest BCUT2D eigenvalue weighted by molar-refractivity contribution is 9.10. The van der Waals surface area contributed by atoms with E-state index in [1.165, 1.54) is 0 Å². The van der Waals surface area contributed by atoms with Gasteiger partial charge in [0.15, 0.2) is 0 Å². The molecule has 4 nitrogen and oxygen atoms in total. The fourth-order valence-corrected chi connectivity index (χ4v) is 3.02. The van der Waals surface area contributed by atoms with Crippen LogP contribution in [0.15, 0.2) is 47.2 Å². The summed E-state index contributed by atoms with van der Waals surface area (Å²) in [4.78, 5) is 4.34. The van der Waals surface area contributed by atoms with Crippen LogP contribution in [0.5, 0.6) is 0 Å². The lowest BCUT2D eigenvalue weighted by Gasteiger charge is -2.18. The van der Waals surface area contributed by atoms with Crippen molar-refractivity contribution in [2.24, 2.45) is 0 Å². The van der Waals surface area contributed by atoms with E-state index in [2.05, 4.69) is 26.0 Å². The standard InChI is InChI=1S/C16H16BrN3O/c1-10(2)20-15(13(17)9-19-20)16(21)12-5-3-7-14-11(12)6-4-8-18-14/h3-10,16,21H,1-2H3. The molecule has 3 rings (SSSR count). The molecule has 0 amide bonds. The van der Waals surface area contributed by atoms with Crippen LogP contribution in [0.1, 0.15) is 37.3 Å². The van der Waals surface area contributed by atoms with Crippen LogP contribution in [-0.2, 0) is 0 Å². The van der Waals surface area contributed by atoms with Crippen molar-refractivity contribution in [2.45, 2.75) is 26.0 Å². The molecule has 5 heteroatoms. The predicted molar refractivity (Wildman–Crippen MR) is 86.1 cm³/mol. The summed E-state index contributed by atoms with van der Waals surface area (Å²) in [5.41, 5.74) is 2.48. The minimum absolute atomic E-state index is 0.175. The molecule has 0 radical (unpaired) electrons. The van der Waals surface area contributed by atoms with Crippen molar-refractivity contribution >= 4 is 26.8 Å². The van der Waals surface area contributed by atoms with Gasteiger partial charge in [0.05, 0.1) is 21.9 Å². The van der Waals surface area contributed by atoms with Gasteiger partial charge in [-0.25, -0.2) is 0 Å². The van der Waals surface area contributed by atoms with Crippen LogP contribution in [-0.4, -0.2) is 19.9 Å². The van der Waals surface area contributed by atoms with Gasteiger partial charge in [-0.15, -0.1) is 0 Å². The van der Waals surface area contributed by atoms with E-state index in [1.807, 2.05) is 48.9 Å². The summed E-state index contributed by atoms with van der Waals surface area (Å²) in [7, 11) is 0. The fourth-order valence-electron chi connectivity index (χ4n) is 2.53. The zero-order valence-corrected chi connectivity index (χ0v) is 13.4. The van der Waals surface area contributed by atoms with Crippen molar-refractivity contribution in [1.82, 2.24) is 14.8 Å². The summed E-state index contributed by atoms with van der Waals surface area (Å²) >= 11 is 3.49. The number of hydrogen-bond donors (Lipinski definition) is 1. The van der Waals surface area contributed by atoms with Crippen molar-refractivity contribution < 1.29 is 5.11 Å². The van der Waals surface area contributed by atoms with Gasteiger partial charge < -0.3 is 5.11 Å². The lowest BCUT2D eigenvalue weighted by atomic mass is 10.0. The van der Waals surface area contributed by atoms with Gasteiger partial charge in [0.25, 0.3) is 0 Å². The Kier molecular flexibility index (Phi) is 3.78. The van der Waals surface area contributed by atoms with E-state index < -0.39 is 6.10 Å². The van der Waals surface area contributed by atoms with Crippen molar-refractivity contribution in [3.8, 4) is 0 Å². The topological polar surface area (TPSA) is 50.9 Å². The number of fused-ring (bicyclic) bond motifs is 1. The van der Waals surface area contributed by atoms with Crippen LogP contribution < -0.4 is 0 Å². The highest BCUT2D eigenvalue weighted by Gasteiger charge is 2.22. The van der Waals surface area contributed by atoms with Crippen molar-refractivity contribution in [3.05, 3.63) is 58.5 Å². The maximum atomic E-state index is 10.9. The summed E-state index contributed by atoms with van der Waals surface area (Å²) in [5, 5.41) is 16.2. The average Bonchev–Trinajstić information content (AvgIpc) is 2.88. The Balaban J connectivity index is 2.17. The van der Waals surface area contributed by atoms with Gasteiger partial charge in [-0.1, -0.05) is 18.2 Å². The van der Waals surface area contributed by atoms with Crippen molar-refractivity contribution in [1.29, 1.82) is 0 Å². The molecule has 1 unspecified atom stereocenters. The summed E-state index contributed by atoms with van der Waals surface area (Å²) in [6.07, 6.45) is 2.73. The molecule has 1 N–H and O–H groups in total. The minimum Gasteiger partial charge on any atom is -0.382 e. The van der Waals surface area contributed by atoms with Gasteiger partial charge in [0.2, 0.25) is 0 Å². The third kappa shape index (κ3) is 2.47. The zero-order valence-electron chi connectivity index (χ0n) is 11.9. The lowest BCUT2D eigenvalue weighted by molar-refractivity contribution is 0.205. The molecule has 2 aromatic heterocycles. The SMILES string of the molecule is CC(C)n1ncc(Br)c1C(O)c1cccc2ncccc12.